The lowest BCUT2D eigenvalue weighted by molar-refractivity contribution is -0.125. The molecule has 2 fully saturated rings. The van der Waals surface area contributed by atoms with Gasteiger partial charge in [0.25, 0.3) is 5.91 Å². The second-order valence-corrected chi connectivity index (χ2v) is 9.34. The summed E-state index contributed by atoms with van der Waals surface area (Å²) in [5.41, 5.74) is 6.22. The van der Waals surface area contributed by atoms with E-state index in [0.717, 1.165) is 36.5 Å². The number of carbonyl (C=O) groups excluding carboxylic acids is 2. The van der Waals surface area contributed by atoms with Crippen molar-refractivity contribution in [2.24, 2.45) is 11.7 Å². The van der Waals surface area contributed by atoms with Gasteiger partial charge in [-0.1, -0.05) is 43.2 Å². The highest BCUT2D eigenvalue weighted by Gasteiger charge is 2.47. The zero-order valence-electron chi connectivity index (χ0n) is 17.4. The van der Waals surface area contributed by atoms with Crippen LogP contribution in [-0.4, -0.2) is 40.9 Å². The van der Waals surface area contributed by atoms with E-state index in [4.69, 9.17) is 5.73 Å². The molecule has 29 heavy (non-hydrogen) atoms. The van der Waals surface area contributed by atoms with Crippen molar-refractivity contribution in [2.75, 3.05) is 6.54 Å². The highest BCUT2D eigenvalue weighted by atomic mass is 16.2. The fourth-order valence-corrected chi connectivity index (χ4v) is 4.89. The predicted octanol–water partition coefficient (Wildman–Crippen LogP) is 3.47. The number of likely N-dealkylation sites (tertiary alicyclic amines) is 1. The number of hydrogen-bond donors (Lipinski definition) is 2. The Morgan fingerprint density at radius 3 is 2.59 bits per heavy atom. The molecule has 1 heterocycles. The molecule has 5 heteroatoms. The third-order valence-corrected chi connectivity index (χ3v) is 6.34. The Kier molecular flexibility index (Phi) is 5.34. The molecular weight excluding hydrogens is 362 g/mol. The molecule has 1 saturated heterocycles. The summed E-state index contributed by atoms with van der Waals surface area (Å²) >= 11 is 0. The zero-order valence-corrected chi connectivity index (χ0v) is 17.4. The molecule has 5 nitrogen and oxygen atoms in total. The molecule has 0 bridgehead atoms. The van der Waals surface area contributed by atoms with E-state index in [1.54, 1.807) is 0 Å². The molecule has 0 spiro atoms. The Morgan fingerprint density at radius 2 is 1.83 bits per heavy atom. The van der Waals surface area contributed by atoms with Gasteiger partial charge in [0.05, 0.1) is 0 Å². The van der Waals surface area contributed by atoms with Crippen molar-refractivity contribution in [2.45, 2.75) is 63.6 Å². The van der Waals surface area contributed by atoms with E-state index in [9.17, 15) is 9.59 Å². The molecule has 154 valence electrons. The molecule has 1 aliphatic carbocycles. The summed E-state index contributed by atoms with van der Waals surface area (Å²) in [6, 6.07) is 13.6. The molecule has 0 aromatic heterocycles. The van der Waals surface area contributed by atoms with Crippen LogP contribution in [-0.2, 0) is 4.79 Å². The highest BCUT2D eigenvalue weighted by molar-refractivity contribution is 6.01. The fourth-order valence-electron chi connectivity index (χ4n) is 4.89. The molecule has 4 rings (SSSR count). The van der Waals surface area contributed by atoms with Gasteiger partial charge in [0, 0.05) is 23.7 Å². The average molecular weight is 394 g/mol. The Balaban J connectivity index is 1.62. The normalized spacial score (nSPS) is 24.4. The monoisotopic (exact) mass is 393 g/mol. The van der Waals surface area contributed by atoms with Crippen LogP contribution >= 0.6 is 0 Å². The van der Waals surface area contributed by atoms with E-state index >= 15 is 0 Å². The minimum absolute atomic E-state index is 0.0303. The van der Waals surface area contributed by atoms with E-state index in [1.165, 1.54) is 6.42 Å². The van der Waals surface area contributed by atoms with Crippen molar-refractivity contribution in [3.05, 3.63) is 48.0 Å². The molecule has 2 aromatic carbocycles. The highest BCUT2D eigenvalue weighted by Crippen LogP contribution is 2.40. The number of nitrogens with one attached hydrogen (secondary N) is 1. The number of amides is 2. The summed E-state index contributed by atoms with van der Waals surface area (Å²) < 4.78 is 0. The Morgan fingerprint density at radius 1 is 1.10 bits per heavy atom. The molecule has 2 aliphatic rings. The van der Waals surface area contributed by atoms with Crippen LogP contribution in [0.15, 0.2) is 42.5 Å². The van der Waals surface area contributed by atoms with Crippen molar-refractivity contribution in [1.29, 1.82) is 0 Å². The third kappa shape index (κ3) is 4.15. The van der Waals surface area contributed by atoms with Crippen LogP contribution < -0.4 is 11.1 Å². The van der Waals surface area contributed by atoms with E-state index in [2.05, 4.69) is 5.32 Å². The third-order valence-electron chi connectivity index (χ3n) is 6.34. The average Bonchev–Trinajstić information content (AvgIpc) is 3.10. The topological polar surface area (TPSA) is 75.4 Å². The summed E-state index contributed by atoms with van der Waals surface area (Å²) in [5.74, 6) is 0.305. The summed E-state index contributed by atoms with van der Waals surface area (Å²) in [7, 11) is 0. The SMILES string of the molecule is CC(C)(N)CNC(=O)C1CC2CCCCC2N1C(=O)c1ccc2ccccc2c1. The van der Waals surface area contributed by atoms with Gasteiger partial charge in [-0.05, 0) is 61.9 Å². The molecular formula is C24H31N3O2. The lowest BCUT2D eigenvalue weighted by Crippen LogP contribution is -2.53. The molecule has 3 N–H and O–H groups in total. The van der Waals surface area contributed by atoms with E-state index in [1.807, 2.05) is 61.2 Å². The molecule has 3 unspecified atom stereocenters. The summed E-state index contributed by atoms with van der Waals surface area (Å²) in [4.78, 5) is 28.5. The smallest absolute Gasteiger partial charge is 0.254 e. The van der Waals surface area contributed by atoms with Gasteiger partial charge in [0.15, 0.2) is 0 Å². The van der Waals surface area contributed by atoms with Crippen LogP contribution in [0.1, 0.15) is 56.3 Å². The van der Waals surface area contributed by atoms with Gasteiger partial charge in [-0.3, -0.25) is 9.59 Å². The Hall–Kier alpha value is -2.40. The van der Waals surface area contributed by atoms with Crippen LogP contribution in [0, 0.1) is 5.92 Å². The fraction of sp³-hybridized carbons (Fsp3) is 0.500. The molecule has 0 radical (unpaired) electrons. The van der Waals surface area contributed by atoms with Crippen LogP contribution in [0.5, 0.6) is 0 Å². The Labute approximate surface area is 172 Å². The van der Waals surface area contributed by atoms with Crippen molar-refractivity contribution >= 4 is 22.6 Å². The molecule has 2 aromatic rings. The first-order chi connectivity index (χ1) is 13.8. The summed E-state index contributed by atoms with van der Waals surface area (Å²) in [5, 5.41) is 5.14. The van der Waals surface area contributed by atoms with E-state index in [-0.39, 0.29) is 17.9 Å². The largest absolute Gasteiger partial charge is 0.352 e. The minimum Gasteiger partial charge on any atom is -0.352 e. The predicted molar refractivity (Wildman–Crippen MR) is 116 cm³/mol. The van der Waals surface area contributed by atoms with E-state index < -0.39 is 11.6 Å². The number of hydrogen-bond acceptors (Lipinski definition) is 3. The van der Waals surface area contributed by atoms with Gasteiger partial charge in [0.2, 0.25) is 5.91 Å². The number of fused-ring (bicyclic) bond motifs is 2. The first-order valence-corrected chi connectivity index (χ1v) is 10.7. The van der Waals surface area contributed by atoms with Gasteiger partial charge in [0.1, 0.15) is 6.04 Å². The number of nitrogens with two attached hydrogens (primary N) is 1. The van der Waals surface area contributed by atoms with Crippen LogP contribution in [0.3, 0.4) is 0 Å². The number of benzene rings is 2. The lowest BCUT2D eigenvalue weighted by atomic mass is 9.84. The standard InChI is InChI=1S/C24H31N3O2/c1-24(2,25)15-26-22(28)21-14-18-9-5-6-10-20(18)27(21)23(29)19-12-11-16-7-3-4-8-17(16)13-19/h3-4,7-8,11-13,18,20-21H,5-6,9-10,14-15,25H2,1-2H3,(H,26,28). The number of carbonyl (C=O) groups is 2. The van der Waals surface area contributed by atoms with Gasteiger partial charge >= 0.3 is 0 Å². The maximum absolute atomic E-state index is 13.6. The maximum atomic E-state index is 13.6. The van der Waals surface area contributed by atoms with Crippen molar-refractivity contribution < 1.29 is 9.59 Å². The lowest BCUT2D eigenvalue weighted by Gasteiger charge is -2.34. The maximum Gasteiger partial charge on any atom is 0.254 e. The first-order valence-electron chi connectivity index (χ1n) is 10.7. The molecule has 1 saturated carbocycles. The van der Waals surface area contributed by atoms with E-state index in [0.29, 0.717) is 18.0 Å². The van der Waals surface area contributed by atoms with Gasteiger partial charge in [-0.15, -0.1) is 0 Å². The summed E-state index contributed by atoms with van der Waals surface area (Å²) in [6.45, 7) is 4.18. The zero-order chi connectivity index (χ0) is 20.6. The van der Waals surface area contributed by atoms with Gasteiger partial charge in [-0.25, -0.2) is 0 Å². The van der Waals surface area contributed by atoms with Gasteiger partial charge < -0.3 is 16.0 Å². The van der Waals surface area contributed by atoms with Crippen LogP contribution in [0.2, 0.25) is 0 Å². The molecule has 3 atom stereocenters. The number of nitrogens with zero attached hydrogens (tertiary/aromatic N) is 1. The second-order valence-electron chi connectivity index (χ2n) is 9.34. The van der Waals surface area contributed by atoms with Crippen LogP contribution in [0.4, 0.5) is 0 Å². The minimum atomic E-state index is -0.478. The number of rotatable bonds is 4. The molecule has 2 amide bonds. The van der Waals surface area contributed by atoms with Crippen molar-refractivity contribution in [1.82, 2.24) is 10.2 Å². The summed E-state index contributed by atoms with van der Waals surface area (Å²) in [6.07, 6.45) is 5.13. The quantitative estimate of drug-likeness (QED) is 0.835. The Bertz CT molecular complexity index is 918. The van der Waals surface area contributed by atoms with Gasteiger partial charge in [-0.2, -0.15) is 0 Å². The first kappa shape index (κ1) is 19.9. The van der Waals surface area contributed by atoms with Crippen LogP contribution in [0.25, 0.3) is 10.8 Å². The second kappa shape index (κ2) is 7.79. The molecule has 1 aliphatic heterocycles. The van der Waals surface area contributed by atoms with Crippen molar-refractivity contribution in [3.8, 4) is 0 Å². The van der Waals surface area contributed by atoms with Crippen molar-refractivity contribution in [3.63, 3.8) is 0 Å².